The SMILES string of the molecule is CCCCCCCCCCCCCCCCCCCCCCCCCCCCCC(=O)OCC(O)COC(OCC[N+](C)(C)C)C(=O)[O-]. The number of hydrogen-bond donors (Lipinski definition) is 1. The molecule has 0 saturated carbocycles. The van der Waals surface area contributed by atoms with E-state index >= 15 is 0 Å². The number of quaternary nitrogens is 1. The highest BCUT2D eigenvalue weighted by Crippen LogP contribution is 2.16. The zero-order valence-electron chi connectivity index (χ0n) is 32.1. The van der Waals surface area contributed by atoms with Crippen LogP contribution in [0.1, 0.15) is 187 Å². The van der Waals surface area contributed by atoms with Gasteiger partial charge in [0.2, 0.25) is 0 Å². The second-order valence-corrected chi connectivity index (χ2v) is 15.1. The first-order valence-electron chi connectivity index (χ1n) is 20.2. The minimum Gasteiger partial charge on any atom is -0.545 e. The van der Waals surface area contributed by atoms with Crippen LogP contribution in [0, 0.1) is 0 Å². The molecule has 0 fully saturated rings. The molecule has 8 heteroatoms. The van der Waals surface area contributed by atoms with Crippen LogP contribution in [-0.2, 0) is 23.8 Å². The molecule has 0 aliphatic rings. The number of aliphatic hydroxyl groups is 1. The summed E-state index contributed by atoms with van der Waals surface area (Å²) in [4.78, 5) is 23.2. The van der Waals surface area contributed by atoms with Crippen molar-refractivity contribution in [1.82, 2.24) is 0 Å². The number of aliphatic carboxylic acids is 1. The number of unbranched alkanes of at least 4 members (excludes halogenated alkanes) is 26. The molecule has 0 saturated heterocycles. The van der Waals surface area contributed by atoms with E-state index in [1.54, 1.807) is 0 Å². The first-order valence-corrected chi connectivity index (χ1v) is 20.2. The van der Waals surface area contributed by atoms with Crippen molar-refractivity contribution < 1.29 is 38.5 Å². The van der Waals surface area contributed by atoms with Crippen LogP contribution < -0.4 is 5.11 Å². The molecule has 0 aliphatic heterocycles. The normalized spacial score (nSPS) is 13.1. The lowest BCUT2D eigenvalue weighted by molar-refractivity contribution is -0.870. The average Bonchev–Trinajstić information content (AvgIpc) is 3.04. The molecule has 0 heterocycles. The number of ether oxygens (including phenoxy) is 3. The lowest BCUT2D eigenvalue weighted by atomic mass is 10.0. The maximum absolute atomic E-state index is 12.0. The van der Waals surface area contributed by atoms with Gasteiger partial charge in [-0.15, -0.1) is 0 Å². The summed E-state index contributed by atoms with van der Waals surface area (Å²) in [5, 5.41) is 21.2. The number of carboxylic acids is 1. The summed E-state index contributed by atoms with van der Waals surface area (Å²) >= 11 is 0. The number of carbonyl (C=O) groups excluding carboxylic acids is 2. The third-order valence-corrected chi connectivity index (χ3v) is 9.08. The van der Waals surface area contributed by atoms with E-state index in [1.165, 1.54) is 154 Å². The van der Waals surface area contributed by atoms with Gasteiger partial charge in [0.25, 0.3) is 0 Å². The fourth-order valence-electron chi connectivity index (χ4n) is 5.89. The summed E-state index contributed by atoms with van der Waals surface area (Å²) in [6.45, 7) is 2.49. The molecular weight excluding hydrogens is 606 g/mol. The Morgan fingerprint density at radius 3 is 1.25 bits per heavy atom. The van der Waals surface area contributed by atoms with Gasteiger partial charge in [0.05, 0.1) is 40.3 Å². The number of rotatable bonds is 38. The lowest BCUT2D eigenvalue weighted by Gasteiger charge is -2.26. The zero-order chi connectivity index (χ0) is 35.6. The summed E-state index contributed by atoms with van der Waals surface area (Å²) in [6, 6.07) is 0. The van der Waals surface area contributed by atoms with Gasteiger partial charge in [-0.1, -0.05) is 174 Å². The molecule has 0 aromatic carbocycles. The van der Waals surface area contributed by atoms with Crippen molar-refractivity contribution in [3.63, 3.8) is 0 Å². The highest BCUT2D eigenvalue weighted by Gasteiger charge is 2.17. The number of nitrogens with zero attached hydrogens (tertiary/aromatic N) is 1. The van der Waals surface area contributed by atoms with Crippen LogP contribution in [0.15, 0.2) is 0 Å². The van der Waals surface area contributed by atoms with Gasteiger partial charge in [0.1, 0.15) is 19.3 Å². The smallest absolute Gasteiger partial charge is 0.305 e. The van der Waals surface area contributed by atoms with Crippen LogP contribution >= 0.6 is 0 Å². The minimum absolute atomic E-state index is 0.173. The van der Waals surface area contributed by atoms with Crippen molar-refractivity contribution in [3.05, 3.63) is 0 Å². The molecule has 0 aliphatic carbocycles. The maximum Gasteiger partial charge on any atom is 0.305 e. The number of carboxylic acid groups (broad SMARTS) is 1. The Hall–Kier alpha value is -1.22. The average molecular weight is 686 g/mol. The van der Waals surface area contributed by atoms with E-state index in [1.807, 2.05) is 21.1 Å². The number of aliphatic hydroxyl groups excluding tert-OH is 1. The predicted molar refractivity (Wildman–Crippen MR) is 196 cm³/mol. The Labute approximate surface area is 296 Å². The highest BCUT2D eigenvalue weighted by molar-refractivity contribution is 5.69. The summed E-state index contributed by atoms with van der Waals surface area (Å²) in [5.74, 6) is -1.86. The zero-order valence-corrected chi connectivity index (χ0v) is 32.1. The van der Waals surface area contributed by atoms with Gasteiger partial charge in [-0.25, -0.2) is 0 Å². The monoisotopic (exact) mass is 686 g/mol. The predicted octanol–water partition coefficient (Wildman–Crippen LogP) is 8.65. The van der Waals surface area contributed by atoms with Gasteiger partial charge in [-0.05, 0) is 6.42 Å². The van der Waals surface area contributed by atoms with E-state index in [0.29, 0.717) is 17.4 Å². The highest BCUT2D eigenvalue weighted by atomic mass is 16.7. The molecule has 2 unspecified atom stereocenters. The van der Waals surface area contributed by atoms with E-state index < -0.39 is 18.4 Å². The van der Waals surface area contributed by atoms with Gasteiger partial charge in [-0.3, -0.25) is 4.79 Å². The van der Waals surface area contributed by atoms with Crippen molar-refractivity contribution in [2.75, 3.05) is 47.5 Å². The Bertz CT molecular complexity index is 712. The first-order chi connectivity index (χ1) is 23.2. The Morgan fingerprint density at radius 2 is 0.917 bits per heavy atom. The van der Waals surface area contributed by atoms with Crippen LogP contribution in [0.5, 0.6) is 0 Å². The van der Waals surface area contributed by atoms with Gasteiger partial charge in [-0.2, -0.15) is 0 Å². The lowest BCUT2D eigenvalue weighted by Crippen LogP contribution is -2.44. The molecule has 0 bridgehead atoms. The fraction of sp³-hybridized carbons (Fsp3) is 0.950. The Morgan fingerprint density at radius 1 is 0.562 bits per heavy atom. The number of esters is 1. The molecule has 0 radical (unpaired) electrons. The third kappa shape index (κ3) is 36.1. The molecule has 8 nitrogen and oxygen atoms in total. The second-order valence-electron chi connectivity index (χ2n) is 15.1. The Kier molecular flexibility index (Phi) is 33.4. The van der Waals surface area contributed by atoms with Crippen LogP contribution in [0.25, 0.3) is 0 Å². The number of hydrogen-bond acceptors (Lipinski definition) is 7. The van der Waals surface area contributed by atoms with Crippen molar-refractivity contribution in [2.45, 2.75) is 199 Å². The standard InChI is InChI=1S/C40H79NO7/c1-5-6-7-8-9-10-11-12-13-14-15-16-17-18-19-20-21-22-23-24-25-26-27-28-29-30-31-32-38(43)47-35-37(42)36-48-40(39(44)45)46-34-33-41(2,3)4/h37,40,42H,5-36H2,1-4H3. The van der Waals surface area contributed by atoms with E-state index in [9.17, 15) is 19.8 Å². The van der Waals surface area contributed by atoms with Crippen LogP contribution in [0.2, 0.25) is 0 Å². The Balaban J connectivity index is 3.39. The van der Waals surface area contributed by atoms with Crippen LogP contribution in [0.4, 0.5) is 0 Å². The molecule has 1 N–H and O–H groups in total. The van der Waals surface area contributed by atoms with Gasteiger partial charge in [0.15, 0.2) is 6.29 Å². The van der Waals surface area contributed by atoms with E-state index in [2.05, 4.69) is 6.92 Å². The van der Waals surface area contributed by atoms with Crippen LogP contribution in [0.3, 0.4) is 0 Å². The van der Waals surface area contributed by atoms with Crippen molar-refractivity contribution >= 4 is 11.9 Å². The topological polar surface area (TPSA) is 105 Å². The molecule has 0 aromatic rings. The molecule has 286 valence electrons. The molecule has 0 rings (SSSR count). The number of likely N-dealkylation sites (N-methyl/N-ethyl adjacent to an activating group) is 1. The van der Waals surface area contributed by atoms with Crippen molar-refractivity contribution in [3.8, 4) is 0 Å². The molecular formula is C40H79NO7. The summed E-state index contributed by atoms with van der Waals surface area (Å²) in [7, 11) is 5.88. The first kappa shape index (κ1) is 46.8. The van der Waals surface area contributed by atoms with Crippen molar-refractivity contribution in [1.29, 1.82) is 0 Å². The quantitative estimate of drug-likeness (QED) is 0.0300. The molecule has 0 amide bonds. The minimum atomic E-state index is -1.57. The van der Waals surface area contributed by atoms with E-state index in [4.69, 9.17) is 14.2 Å². The molecule has 0 spiro atoms. The number of carbonyl (C=O) groups is 2. The van der Waals surface area contributed by atoms with E-state index in [-0.39, 0.29) is 25.8 Å². The molecule has 0 aromatic heterocycles. The van der Waals surface area contributed by atoms with Gasteiger partial charge >= 0.3 is 5.97 Å². The summed E-state index contributed by atoms with van der Waals surface area (Å²) < 4.78 is 16.0. The molecule has 48 heavy (non-hydrogen) atoms. The maximum atomic E-state index is 12.0. The third-order valence-electron chi connectivity index (χ3n) is 9.08. The van der Waals surface area contributed by atoms with Gasteiger partial charge < -0.3 is 33.7 Å². The van der Waals surface area contributed by atoms with Crippen LogP contribution in [-0.4, -0.2) is 81.4 Å². The van der Waals surface area contributed by atoms with E-state index in [0.717, 1.165) is 19.3 Å². The second kappa shape index (κ2) is 34.2. The largest absolute Gasteiger partial charge is 0.545 e. The van der Waals surface area contributed by atoms with Crippen molar-refractivity contribution in [2.24, 2.45) is 0 Å². The summed E-state index contributed by atoms with van der Waals surface area (Å²) in [6.07, 6.45) is 34.2. The molecule has 2 atom stereocenters. The van der Waals surface area contributed by atoms with Gasteiger partial charge in [0, 0.05) is 6.42 Å². The fourth-order valence-corrected chi connectivity index (χ4v) is 5.89. The summed E-state index contributed by atoms with van der Waals surface area (Å²) in [5.41, 5.74) is 0.